The number of hydrogen-bond acceptors (Lipinski definition) is 2. The predicted octanol–water partition coefficient (Wildman–Crippen LogP) is 5.08. The van der Waals surface area contributed by atoms with E-state index in [1.54, 1.807) is 0 Å². The molecule has 0 spiro atoms. The summed E-state index contributed by atoms with van der Waals surface area (Å²) in [5, 5.41) is 4.36. The molecule has 1 aliphatic heterocycles. The van der Waals surface area contributed by atoms with E-state index in [0.717, 1.165) is 55.5 Å². The Hall–Kier alpha value is -3.37. The molecule has 32 heavy (non-hydrogen) atoms. The van der Waals surface area contributed by atoms with Crippen molar-refractivity contribution in [3.05, 3.63) is 108 Å². The molecule has 0 aliphatic carbocycles. The van der Waals surface area contributed by atoms with Crippen molar-refractivity contribution in [3.8, 4) is 0 Å². The zero-order chi connectivity index (χ0) is 21.8. The van der Waals surface area contributed by atoms with Crippen LogP contribution in [-0.4, -0.2) is 34.5 Å². The molecule has 1 aromatic heterocycles. The molecule has 3 aromatic carbocycles. The summed E-state index contributed by atoms with van der Waals surface area (Å²) in [6.45, 7) is 3.85. The Morgan fingerprint density at radius 3 is 2.16 bits per heavy atom. The predicted molar refractivity (Wildman–Crippen MR) is 130 cm³/mol. The zero-order valence-corrected chi connectivity index (χ0v) is 18.3. The highest BCUT2D eigenvalue weighted by atomic mass is 16.1. The number of likely N-dealkylation sites (tertiary alicyclic amines) is 1. The topological polar surface area (TPSA) is 37.3 Å². The lowest BCUT2D eigenvalue weighted by atomic mass is 10.0. The van der Waals surface area contributed by atoms with Crippen molar-refractivity contribution in [2.75, 3.05) is 13.1 Å². The average Bonchev–Trinajstić information content (AvgIpc) is 3.23. The maximum atomic E-state index is 12.9. The van der Waals surface area contributed by atoms with Crippen LogP contribution in [0, 0.1) is 0 Å². The van der Waals surface area contributed by atoms with Gasteiger partial charge in [0.05, 0.1) is 0 Å². The van der Waals surface area contributed by atoms with Crippen molar-refractivity contribution in [1.29, 1.82) is 0 Å². The highest BCUT2D eigenvalue weighted by Gasteiger charge is 2.21. The fraction of sp³-hybridized carbons (Fsp3) is 0.250. The first kappa shape index (κ1) is 20.5. The number of carbonyl (C=O) groups excluding carboxylic acids is 1. The molecule has 4 nitrogen and oxygen atoms in total. The second-order valence-corrected chi connectivity index (χ2v) is 8.71. The monoisotopic (exact) mass is 423 g/mol. The van der Waals surface area contributed by atoms with Crippen LogP contribution in [0.4, 0.5) is 0 Å². The molecule has 1 amide bonds. The first-order valence-electron chi connectivity index (χ1n) is 11.4. The minimum atomic E-state index is 0.0317. The second-order valence-electron chi connectivity index (χ2n) is 8.71. The van der Waals surface area contributed by atoms with Gasteiger partial charge in [0.2, 0.25) is 0 Å². The number of fused-ring (bicyclic) bond motifs is 1. The highest BCUT2D eigenvalue weighted by Crippen LogP contribution is 2.20. The molecule has 0 unspecified atom stereocenters. The van der Waals surface area contributed by atoms with Crippen LogP contribution < -0.4 is 5.32 Å². The molecule has 2 heterocycles. The van der Waals surface area contributed by atoms with Crippen LogP contribution in [0.3, 0.4) is 0 Å². The fourth-order valence-corrected chi connectivity index (χ4v) is 4.61. The van der Waals surface area contributed by atoms with Gasteiger partial charge in [-0.25, -0.2) is 0 Å². The van der Waals surface area contributed by atoms with Gasteiger partial charge in [-0.2, -0.15) is 0 Å². The van der Waals surface area contributed by atoms with Crippen LogP contribution in [0.25, 0.3) is 10.9 Å². The Balaban J connectivity index is 1.18. The van der Waals surface area contributed by atoms with Gasteiger partial charge in [0.25, 0.3) is 5.91 Å². The summed E-state index contributed by atoms with van der Waals surface area (Å²) < 4.78 is 2.23. The molecule has 5 rings (SSSR count). The van der Waals surface area contributed by atoms with Crippen LogP contribution in [0.15, 0.2) is 91.1 Å². The van der Waals surface area contributed by atoms with Gasteiger partial charge < -0.3 is 9.88 Å². The van der Waals surface area contributed by atoms with Crippen LogP contribution in [0.2, 0.25) is 0 Å². The fourth-order valence-electron chi connectivity index (χ4n) is 4.61. The molecule has 1 N–H and O–H groups in total. The molecular weight excluding hydrogens is 394 g/mol. The van der Waals surface area contributed by atoms with Crippen molar-refractivity contribution in [2.24, 2.45) is 0 Å². The molecule has 0 radical (unpaired) electrons. The van der Waals surface area contributed by atoms with Gasteiger partial charge in [-0.3, -0.25) is 9.69 Å². The second kappa shape index (κ2) is 9.41. The molecule has 162 valence electrons. The highest BCUT2D eigenvalue weighted by molar-refractivity contribution is 5.98. The molecule has 0 saturated carbocycles. The minimum absolute atomic E-state index is 0.0317. The molecule has 1 fully saturated rings. The SMILES string of the molecule is O=C(NC1CCN(Cc2ccccc2)CC1)c1ccc2c(ccn2Cc2ccccc2)c1. The van der Waals surface area contributed by atoms with Gasteiger partial charge >= 0.3 is 0 Å². The van der Waals surface area contributed by atoms with E-state index in [0.29, 0.717) is 0 Å². The third-order valence-corrected chi connectivity index (χ3v) is 6.40. The Morgan fingerprint density at radius 1 is 0.812 bits per heavy atom. The van der Waals surface area contributed by atoms with Crippen molar-refractivity contribution in [3.63, 3.8) is 0 Å². The smallest absolute Gasteiger partial charge is 0.251 e. The lowest BCUT2D eigenvalue weighted by Crippen LogP contribution is -2.44. The number of piperidine rings is 1. The Labute approximate surface area is 189 Å². The van der Waals surface area contributed by atoms with E-state index in [2.05, 4.69) is 87.7 Å². The van der Waals surface area contributed by atoms with Gasteiger partial charge in [-0.05, 0) is 48.2 Å². The van der Waals surface area contributed by atoms with E-state index in [9.17, 15) is 4.79 Å². The molecule has 4 aromatic rings. The van der Waals surface area contributed by atoms with Gasteiger partial charge in [-0.15, -0.1) is 0 Å². The van der Waals surface area contributed by atoms with Gasteiger partial charge in [0, 0.05) is 54.9 Å². The summed E-state index contributed by atoms with van der Waals surface area (Å²) in [6.07, 6.45) is 4.09. The standard InChI is InChI=1S/C28H29N3O/c32-28(29-26-14-16-30(17-15-26)20-22-7-3-1-4-8-22)25-11-12-27-24(19-25)13-18-31(27)21-23-9-5-2-6-10-23/h1-13,18-19,26H,14-17,20-21H2,(H,29,32). The largest absolute Gasteiger partial charge is 0.349 e. The number of carbonyl (C=O) groups is 1. The molecule has 0 bridgehead atoms. The van der Waals surface area contributed by atoms with E-state index in [4.69, 9.17) is 0 Å². The average molecular weight is 424 g/mol. The minimum Gasteiger partial charge on any atom is -0.349 e. The summed E-state index contributed by atoms with van der Waals surface area (Å²) in [5.74, 6) is 0.0317. The van der Waals surface area contributed by atoms with Crippen molar-refractivity contribution >= 4 is 16.8 Å². The number of rotatable bonds is 6. The summed E-state index contributed by atoms with van der Waals surface area (Å²) in [7, 11) is 0. The van der Waals surface area contributed by atoms with Crippen molar-refractivity contribution in [2.45, 2.75) is 32.0 Å². The van der Waals surface area contributed by atoms with E-state index < -0.39 is 0 Å². The summed E-state index contributed by atoms with van der Waals surface area (Å²) >= 11 is 0. The number of aromatic nitrogens is 1. The van der Waals surface area contributed by atoms with Gasteiger partial charge in [-0.1, -0.05) is 60.7 Å². The molecule has 1 aliphatic rings. The van der Waals surface area contributed by atoms with E-state index >= 15 is 0 Å². The summed E-state index contributed by atoms with van der Waals surface area (Å²) in [4.78, 5) is 15.4. The zero-order valence-electron chi connectivity index (χ0n) is 18.3. The van der Waals surface area contributed by atoms with Crippen molar-refractivity contribution in [1.82, 2.24) is 14.8 Å². The lowest BCUT2D eigenvalue weighted by molar-refractivity contribution is 0.0909. The summed E-state index contributed by atoms with van der Waals surface area (Å²) in [5.41, 5.74) is 4.51. The first-order chi connectivity index (χ1) is 15.7. The lowest BCUT2D eigenvalue weighted by Gasteiger charge is -2.32. The Kier molecular flexibility index (Phi) is 6.04. The van der Waals surface area contributed by atoms with E-state index in [1.807, 2.05) is 18.2 Å². The third kappa shape index (κ3) is 4.76. The van der Waals surface area contributed by atoms with Gasteiger partial charge in [0.1, 0.15) is 0 Å². The molecule has 4 heteroatoms. The van der Waals surface area contributed by atoms with Crippen LogP contribution in [0.5, 0.6) is 0 Å². The van der Waals surface area contributed by atoms with Crippen molar-refractivity contribution < 1.29 is 4.79 Å². The van der Waals surface area contributed by atoms with Crippen LogP contribution in [0.1, 0.15) is 34.3 Å². The quantitative estimate of drug-likeness (QED) is 0.469. The first-order valence-corrected chi connectivity index (χ1v) is 11.4. The normalized spacial score (nSPS) is 15.1. The molecule has 0 atom stereocenters. The molecular formula is C28H29N3O. The maximum absolute atomic E-state index is 12.9. The van der Waals surface area contributed by atoms with Crippen LogP contribution >= 0.6 is 0 Å². The molecule has 1 saturated heterocycles. The number of nitrogens with one attached hydrogen (secondary N) is 1. The third-order valence-electron chi connectivity index (χ3n) is 6.40. The number of benzene rings is 3. The number of hydrogen-bond donors (Lipinski definition) is 1. The Bertz CT molecular complexity index is 1180. The maximum Gasteiger partial charge on any atom is 0.251 e. The number of nitrogens with zero attached hydrogens (tertiary/aromatic N) is 2. The van der Waals surface area contributed by atoms with E-state index in [-0.39, 0.29) is 11.9 Å². The summed E-state index contributed by atoms with van der Waals surface area (Å²) in [6, 6.07) is 29.4. The Morgan fingerprint density at radius 2 is 1.47 bits per heavy atom. The van der Waals surface area contributed by atoms with Gasteiger partial charge in [0.15, 0.2) is 0 Å². The van der Waals surface area contributed by atoms with E-state index in [1.165, 1.54) is 11.1 Å². The van der Waals surface area contributed by atoms with Crippen LogP contribution in [-0.2, 0) is 13.1 Å². The number of amides is 1.